The largest absolute Gasteiger partial charge is 0.488 e. The maximum absolute atomic E-state index is 10.7. The third-order valence-electron chi connectivity index (χ3n) is 6.29. The Bertz CT molecular complexity index is 1050. The summed E-state index contributed by atoms with van der Waals surface area (Å²) >= 11 is 0. The van der Waals surface area contributed by atoms with Crippen molar-refractivity contribution >= 4 is 11.6 Å². The molecule has 2 aliphatic heterocycles. The summed E-state index contributed by atoms with van der Waals surface area (Å²) in [5.41, 5.74) is 0.849. The second kappa shape index (κ2) is 6.52. The molecule has 0 unspecified atom stereocenters. The number of aromatic nitrogens is 3. The van der Waals surface area contributed by atoms with Crippen molar-refractivity contribution in [2.75, 3.05) is 24.8 Å². The Morgan fingerprint density at radius 1 is 1.00 bits per heavy atom. The summed E-state index contributed by atoms with van der Waals surface area (Å²) in [6, 6.07) is 11.5. The zero-order valence-corrected chi connectivity index (χ0v) is 15.8. The van der Waals surface area contributed by atoms with Crippen molar-refractivity contribution in [3.8, 4) is 17.2 Å². The summed E-state index contributed by atoms with van der Waals surface area (Å²) < 4.78 is 19.0. The molecule has 1 N–H and O–H groups in total. The SMILES string of the molecule is O[C@@H]1C[C@H]2CN(c3nnc4ccccn34)C[C@H]2C[C@H]1Oc1ccc2c(c1)OCO2. The lowest BCUT2D eigenvalue weighted by Gasteiger charge is -2.35. The maximum atomic E-state index is 10.7. The van der Waals surface area contributed by atoms with Gasteiger partial charge < -0.3 is 24.2 Å². The van der Waals surface area contributed by atoms with Crippen LogP contribution in [0.3, 0.4) is 0 Å². The third-order valence-corrected chi connectivity index (χ3v) is 6.29. The minimum absolute atomic E-state index is 0.230. The number of benzene rings is 1. The highest BCUT2D eigenvalue weighted by Gasteiger charge is 2.43. The molecule has 29 heavy (non-hydrogen) atoms. The summed E-state index contributed by atoms with van der Waals surface area (Å²) in [4.78, 5) is 2.28. The summed E-state index contributed by atoms with van der Waals surface area (Å²) in [6.07, 6.45) is 2.82. The first kappa shape index (κ1) is 16.9. The lowest BCUT2D eigenvalue weighted by molar-refractivity contribution is -0.0232. The van der Waals surface area contributed by atoms with Gasteiger partial charge in [0.2, 0.25) is 12.7 Å². The highest BCUT2D eigenvalue weighted by molar-refractivity contribution is 5.48. The van der Waals surface area contributed by atoms with E-state index in [0.29, 0.717) is 23.3 Å². The van der Waals surface area contributed by atoms with Gasteiger partial charge in [-0.2, -0.15) is 0 Å². The molecule has 0 spiro atoms. The number of nitrogens with zero attached hydrogens (tertiary/aromatic N) is 4. The molecule has 1 saturated heterocycles. The van der Waals surface area contributed by atoms with Crippen LogP contribution in [0.4, 0.5) is 5.95 Å². The average Bonchev–Trinajstić information content (AvgIpc) is 3.45. The van der Waals surface area contributed by atoms with Crippen molar-refractivity contribution in [1.82, 2.24) is 14.6 Å². The first-order valence-corrected chi connectivity index (χ1v) is 10.0. The lowest BCUT2D eigenvalue weighted by atomic mass is 9.78. The molecule has 1 aliphatic carbocycles. The van der Waals surface area contributed by atoms with Gasteiger partial charge in [-0.25, -0.2) is 0 Å². The number of ether oxygens (including phenoxy) is 3. The monoisotopic (exact) mass is 394 g/mol. The molecule has 0 amide bonds. The van der Waals surface area contributed by atoms with Gasteiger partial charge >= 0.3 is 0 Å². The molecule has 2 aromatic heterocycles. The van der Waals surface area contributed by atoms with Crippen molar-refractivity contribution in [2.45, 2.75) is 25.0 Å². The first-order chi connectivity index (χ1) is 14.2. The van der Waals surface area contributed by atoms with Gasteiger partial charge in [-0.15, -0.1) is 10.2 Å². The predicted molar refractivity (Wildman–Crippen MR) is 104 cm³/mol. The average molecular weight is 394 g/mol. The number of aliphatic hydroxyl groups is 1. The molecule has 4 atom stereocenters. The topological polar surface area (TPSA) is 81.4 Å². The van der Waals surface area contributed by atoms with Gasteiger partial charge in [0, 0.05) is 25.4 Å². The Labute approximate surface area is 167 Å². The van der Waals surface area contributed by atoms with Crippen LogP contribution in [0.5, 0.6) is 17.2 Å². The molecule has 4 heterocycles. The van der Waals surface area contributed by atoms with Crippen LogP contribution in [0.25, 0.3) is 5.65 Å². The van der Waals surface area contributed by atoms with Crippen molar-refractivity contribution in [3.05, 3.63) is 42.6 Å². The molecular formula is C21H22N4O4. The van der Waals surface area contributed by atoms with E-state index in [0.717, 1.165) is 43.3 Å². The second-order valence-electron chi connectivity index (χ2n) is 8.06. The molecule has 8 nitrogen and oxygen atoms in total. The lowest BCUT2D eigenvalue weighted by Crippen LogP contribution is -2.42. The molecule has 3 aliphatic rings. The molecule has 3 aromatic rings. The van der Waals surface area contributed by atoms with Gasteiger partial charge in [-0.3, -0.25) is 4.40 Å². The minimum Gasteiger partial charge on any atom is -0.488 e. The summed E-state index contributed by atoms with van der Waals surface area (Å²) in [5, 5.41) is 19.4. The summed E-state index contributed by atoms with van der Waals surface area (Å²) in [7, 11) is 0. The van der Waals surface area contributed by atoms with Crippen LogP contribution in [0.15, 0.2) is 42.6 Å². The fourth-order valence-corrected chi connectivity index (χ4v) is 4.85. The predicted octanol–water partition coefficient (Wildman–Crippen LogP) is 2.11. The van der Waals surface area contributed by atoms with Crippen LogP contribution in [-0.2, 0) is 0 Å². The molecule has 6 rings (SSSR count). The van der Waals surface area contributed by atoms with Crippen LogP contribution in [0.1, 0.15) is 12.8 Å². The fourth-order valence-electron chi connectivity index (χ4n) is 4.85. The van der Waals surface area contributed by atoms with Gasteiger partial charge in [0.25, 0.3) is 0 Å². The molecule has 1 aromatic carbocycles. The van der Waals surface area contributed by atoms with Crippen molar-refractivity contribution < 1.29 is 19.3 Å². The highest BCUT2D eigenvalue weighted by Crippen LogP contribution is 2.41. The van der Waals surface area contributed by atoms with E-state index in [1.54, 1.807) is 0 Å². The molecule has 8 heteroatoms. The number of aliphatic hydroxyl groups excluding tert-OH is 1. The zero-order chi connectivity index (χ0) is 19.4. The van der Waals surface area contributed by atoms with Gasteiger partial charge in [-0.05, 0) is 48.9 Å². The molecule has 0 radical (unpaired) electrons. The first-order valence-electron chi connectivity index (χ1n) is 10.0. The van der Waals surface area contributed by atoms with Crippen molar-refractivity contribution in [1.29, 1.82) is 0 Å². The van der Waals surface area contributed by atoms with Gasteiger partial charge in [0.15, 0.2) is 17.1 Å². The highest BCUT2D eigenvalue weighted by atomic mass is 16.7. The quantitative estimate of drug-likeness (QED) is 0.729. The second-order valence-corrected chi connectivity index (χ2v) is 8.06. The third kappa shape index (κ3) is 2.86. The number of anilines is 1. The van der Waals surface area contributed by atoms with Crippen LogP contribution >= 0.6 is 0 Å². The Hall–Kier alpha value is -3.00. The summed E-state index contributed by atoms with van der Waals surface area (Å²) in [6.45, 7) is 2.02. The van der Waals surface area contributed by atoms with E-state index in [2.05, 4.69) is 15.1 Å². The Balaban J connectivity index is 1.18. The number of rotatable bonds is 3. The van der Waals surface area contributed by atoms with Crippen LogP contribution in [0, 0.1) is 11.8 Å². The van der Waals surface area contributed by atoms with E-state index in [1.807, 2.05) is 47.0 Å². The maximum Gasteiger partial charge on any atom is 0.231 e. The van der Waals surface area contributed by atoms with Crippen LogP contribution in [0.2, 0.25) is 0 Å². The van der Waals surface area contributed by atoms with E-state index in [-0.39, 0.29) is 12.9 Å². The molecule has 1 saturated carbocycles. The van der Waals surface area contributed by atoms with Gasteiger partial charge in [-0.1, -0.05) is 6.07 Å². The Morgan fingerprint density at radius 2 is 1.86 bits per heavy atom. The number of hydrogen-bond donors (Lipinski definition) is 1. The van der Waals surface area contributed by atoms with E-state index in [4.69, 9.17) is 14.2 Å². The normalized spacial score (nSPS) is 28.0. The Kier molecular flexibility index (Phi) is 3.80. The smallest absolute Gasteiger partial charge is 0.231 e. The van der Waals surface area contributed by atoms with Crippen LogP contribution in [-0.4, -0.2) is 51.8 Å². The zero-order valence-electron chi connectivity index (χ0n) is 15.8. The van der Waals surface area contributed by atoms with Crippen LogP contribution < -0.4 is 19.1 Å². The van der Waals surface area contributed by atoms with Crippen molar-refractivity contribution in [2.24, 2.45) is 11.8 Å². The standard InChI is InChI=1S/C21H22N4O4/c26-16-7-13-10-24(21-23-22-20-3-1-2-6-25(20)21)11-14(13)8-18(16)29-15-4-5-17-19(9-15)28-12-27-17/h1-6,9,13-14,16,18,26H,7-8,10-12H2/t13-,14+,16+,18+/m0/s1. The number of pyridine rings is 1. The van der Waals surface area contributed by atoms with E-state index in [1.165, 1.54) is 0 Å². The van der Waals surface area contributed by atoms with E-state index < -0.39 is 6.10 Å². The number of fused-ring (bicyclic) bond motifs is 3. The fraction of sp³-hybridized carbons (Fsp3) is 0.429. The molecule has 0 bridgehead atoms. The molecule has 150 valence electrons. The van der Waals surface area contributed by atoms with Gasteiger partial charge in [0.1, 0.15) is 11.9 Å². The molecular weight excluding hydrogens is 372 g/mol. The number of hydrogen-bond acceptors (Lipinski definition) is 7. The van der Waals surface area contributed by atoms with E-state index >= 15 is 0 Å². The molecule has 2 fully saturated rings. The summed E-state index contributed by atoms with van der Waals surface area (Å²) in [5.74, 6) is 3.88. The Morgan fingerprint density at radius 3 is 2.79 bits per heavy atom. The van der Waals surface area contributed by atoms with Crippen molar-refractivity contribution in [3.63, 3.8) is 0 Å². The van der Waals surface area contributed by atoms with Gasteiger partial charge in [0.05, 0.1) is 6.10 Å². The van der Waals surface area contributed by atoms with E-state index in [9.17, 15) is 5.11 Å². The minimum atomic E-state index is -0.489.